The van der Waals surface area contributed by atoms with Crippen molar-refractivity contribution in [2.24, 2.45) is 5.92 Å². The number of hydrogen-bond acceptors (Lipinski definition) is 3. The van der Waals surface area contributed by atoms with Crippen molar-refractivity contribution in [3.8, 4) is 6.07 Å². The molecule has 0 bridgehead atoms. The topological polar surface area (TPSA) is 50.1 Å². The number of nitriles is 1. The van der Waals surface area contributed by atoms with Crippen LogP contribution in [0.25, 0.3) is 11.1 Å². The maximum absolute atomic E-state index is 12.3. The molecule has 3 heteroatoms. The molecular weight excluding hydrogens is 310 g/mol. The van der Waals surface area contributed by atoms with Gasteiger partial charge >= 0.3 is 5.97 Å². The first-order valence-electron chi connectivity index (χ1n) is 8.66. The molecule has 1 aliphatic rings. The van der Waals surface area contributed by atoms with Crippen LogP contribution in [0, 0.1) is 17.2 Å². The lowest BCUT2D eigenvalue weighted by Gasteiger charge is -2.27. The van der Waals surface area contributed by atoms with Gasteiger partial charge in [-0.25, -0.2) is 0 Å². The van der Waals surface area contributed by atoms with E-state index in [0.717, 1.165) is 18.4 Å². The zero-order valence-corrected chi connectivity index (χ0v) is 14.2. The van der Waals surface area contributed by atoms with Crippen molar-refractivity contribution in [1.29, 1.82) is 5.26 Å². The largest absolute Gasteiger partial charge is 0.464 e. The number of benzene rings is 2. The fourth-order valence-electron chi connectivity index (χ4n) is 3.35. The Morgan fingerprint density at radius 1 is 1.00 bits per heavy atom. The summed E-state index contributed by atoms with van der Waals surface area (Å²) < 4.78 is 5.26. The van der Waals surface area contributed by atoms with Crippen molar-refractivity contribution in [3.63, 3.8) is 0 Å². The molecule has 0 spiro atoms. The minimum absolute atomic E-state index is 0.138. The van der Waals surface area contributed by atoms with Gasteiger partial charge in [0, 0.05) is 0 Å². The maximum Gasteiger partial charge on any atom is 0.309 e. The second-order valence-electron chi connectivity index (χ2n) is 6.20. The van der Waals surface area contributed by atoms with E-state index in [1.54, 1.807) is 0 Å². The van der Waals surface area contributed by atoms with Gasteiger partial charge in [-0.05, 0) is 41.5 Å². The number of nitrogens with zero attached hydrogens (tertiary/aromatic N) is 1. The Morgan fingerprint density at radius 3 is 2.20 bits per heavy atom. The number of hydrogen-bond donors (Lipinski definition) is 0. The molecule has 0 radical (unpaired) electrons. The molecule has 0 aliphatic heterocycles. The number of esters is 1. The molecule has 0 aromatic heterocycles. The van der Waals surface area contributed by atoms with Crippen LogP contribution >= 0.6 is 0 Å². The van der Waals surface area contributed by atoms with Crippen molar-refractivity contribution >= 4 is 17.1 Å². The highest BCUT2D eigenvalue weighted by Crippen LogP contribution is 2.41. The fraction of sp³-hybridized carbons (Fsp3) is 0.273. The van der Waals surface area contributed by atoms with E-state index in [-0.39, 0.29) is 24.9 Å². The molecule has 3 nitrogen and oxygen atoms in total. The van der Waals surface area contributed by atoms with E-state index in [1.807, 2.05) is 42.5 Å². The van der Waals surface area contributed by atoms with E-state index < -0.39 is 0 Å². The third kappa shape index (κ3) is 4.16. The molecule has 2 aromatic carbocycles. The molecule has 0 N–H and O–H groups in total. The van der Waals surface area contributed by atoms with E-state index in [2.05, 4.69) is 24.3 Å². The van der Waals surface area contributed by atoms with E-state index in [1.165, 1.54) is 16.7 Å². The number of carbonyl (C=O) groups is 1. The van der Waals surface area contributed by atoms with Crippen LogP contribution < -0.4 is 0 Å². The molecule has 1 aliphatic carbocycles. The normalized spacial score (nSPS) is 17.0. The average molecular weight is 331 g/mol. The van der Waals surface area contributed by atoms with Crippen LogP contribution in [-0.4, -0.2) is 12.6 Å². The zero-order chi connectivity index (χ0) is 17.5. The van der Waals surface area contributed by atoms with Crippen LogP contribution in [0.3, 0.4) is 0 Å². The number of rotatable bonds is 5. The minimum Gasteiger partial charge on any atom is -0.464 e. The molecule has 1 atom stereocenters. The van der Waals surface area contributed by atoms with Gasteiger partial charge in [0.2, 0.25) is 0 Å². The van der Waals surface area contributed by atoms with Gasteiger partial charge in [0.15, 0.2) is 0 Å². The summed E-state index contributed by atoms with van der Waals surface area (Å²) in [7, 11) is 0. The van der Waals surface area contributed by atoms with Crippen molar-refractivity contribution in [2.45, 2.75) is 25.7 Å². The van der Waals surface area contributed by atoms with Crippen LogP contribution in [0.15, 0.2) is 60.7 Å². The third-order valence-electron chi connectivity index (χ3n) is 4.59. The Morgan fingerprint density at radius 2 is 1.60 bits per heavy atom. The Balaban J connectivity index is 1.88. The monoisotopic (exact) mass is 331 g/mol. The molecule has 0 fully saturated rings. The van der Waals surface area contributed by atoms with Gasteiger partial charge < -0.3 is 4.74 Å². The van der Waals surface area contributed by atoms with Gasteiger partial charge in [-0.15, -0.1) is 0 Å². The van der Waals surface area contributed by atoms with Gasteiger partial charge in [0.1, 0.15) is 6.61 Å². The molecule has 25 heavy (non-hydrogen) atoms. The molecule has 0 amide bonds. The standard InChI is InChI=1S/C22H21NO2/c23-14-7-15-25-22(24)19-12-13-20(17-8-3-1-4-9-17)21(16-19)18-10-5-2-6-11-18/h1-6,8-11,19H,7,12-13,15-16H2. The van der Waals surface area contributed by atoms with E-state index in [0.29, 0.717) is 6.42 Å². The summed E-state index contributed by atoms with van der Waals surface area (Å²) in [5.74, 6) is -0.322. The second-order valence-corrected chi connectivity index (χ2v) is 6.20. The SMILES string of the molecule is N#CCCOC(=O)C1CCC(c2ccccc2)=C(c2ccccc2)C1. The van der Waals surface area contributed by atoms with Crippen LogP contribution in [-0.2, 0) is 9.53 Å². The molecule has 0 heterocycles. The average Bonchev–Trinajstić information content (AvgIpc) is 2.69. The summed E-state index contributed by atoms with van der Waals surface area (Å²) in [4.78, 5) is 12.3. The lowest BCUT2D eigenvalue weighted by molar-refractivity contribution is -0.148. The quantitative estimate of drug-likeness (QED) is 0.581. The first kappa shape index (κ1) is 17.0. The van der Waals surface area contributed by atoms with Crippen molar-refractivity contribution < 1.29 is 9.53 Å². The van der Waals surface area contributed by atoms with E-state index in [4.69, 9.17) is 10.00 Å². The van der Waals surface area contributed by atoms with Gasteiger partial charge in [0.25, 0.3) is 0 Å². The van der Waals surface area contributed by atoms with Gasteiger partial charge in [-0.2, -0.15) is 5.26 Å². The Hall–Kier alpha value is -2.86. The summed E-state index contributed by atoms with van der Waals surface area (Å²) >= 11 is 0. The Bertz CT molecular complexity index is 788. The van der Waals surface area contributed by atoms with Crippen LogP contribution in [0.1, 0.15) is 36.8 Å². The summed E-state index contributed by atoms with van der Waals surface area (Å²) in [5, 5.41) is 8.59. The first-order valence-corrected chi connectivity index (χ1v) is 8.66. The van der Waals surface area contributed by atoms with Gasteiger partial charge in [0.05, 0.1) is 18.4 Å². The smallest absolute Gasteiger partial charge is 0.309 e. The summed E-state index contributed by atoms with van der Waals surface area (Å²) in [6, 6.07) is 22.6. The van der Waals surface area contributed by atoms with Crippen LogP contribution in [0.2, 0.25) is 0 Å². The predicted molar refractivity (Wildman–Crippen MR) is 98.2 cm³/mol. The van der Waals surface area contributed by atoms with E-state index >= 15 is 0 Å². The van der Waals surface area contributed by atoms with Crippen LogP contribution in [0.5, 0.6) is 0 Å². The van der Waals surface area contributed by atoms with Crippen molar-refractivity contribution in [1.82, 2.24) is 0 Å². The highest BCUT2D eigenvalue weighted by molar-refractivity contribution is 5.93. The third-order valence-corrected chi connectivity index (χ3v) is 4.59. The lowest BCUT2D eigenvalue weighted by Crippen LogP contribution is -2.22. The Labute approximate surface area is 148 Å². The maximum atomic E-state index is 12.3. The first-order chi connectivity index (χ1) is 12.3. The zero-order valence-electron chi connectivity index (χ0n) is 14.2. The second kappa shape index (κ2) is 8.30. The molecule has 126 valence electrons. The molecule has 1 unspecified atom stereocenters. The highest BCUT2D eigenvalue weighted by Gasteiger charge is 2.28. The number of allylic oxidation sites excluding steroid dienone is 2. The lowest BCUT2D eigenvalue weighted by atomic mass is 9.78. The van der Waals surface area contributed by atoms with Crippen molar-refractivity contribution in [3.05, 3.63) is 71.8 Å². The summed E-state index contributed by atoms with van der Waals surface area (Å²) in [5.41, 5.74) is 4.92. The highest BCUT2D eigenvalue weighted by atomic mass is 16.5. The van der Waals surface area contributed by atoms with E-state index in [9.17, 15) is 4.79 Å². The molecular formula is C22H21NO2. The summed E-state index contributed by atoms with van der Waals surface area (Å²) in [6.45, 7) is 0.182. The van der Waals surface area contributed by atoms with Crippen molar-refractivity contribution in [2.75, 3.05) is 6.61 Å². The number of carbonyl (C=O) groups excluding carboxylic acids is 1. The predicted octanol–water partition coefficient (Wildman–Crippen LogP) is 4.85. The van der Waals surface area contributed by atoms with Gasteiger partial charge in [-0.1, -0.05) is 60.7 Å². The molecule has 3 rings (SSSR count). The number of ether oxygens (including phenoxy) is 1. The molecule has 0 saturated heterocycles. The Kier molecular flexibility index (Phi) is 5.64. The fourth-order valence-corrected chi connectivity index (χ4v) is 3.35. The molecule has 2 aromatic rings. The minimum atomic E-state index is -0.184. The molecule has 0 saturated carbocycles. The van der Waals surface area contributed by atoms with Gasteiger partial charge in [-0.3, -0.25) is 4.79 Å². The van der Waals surface area contributed by atoms with Crippen LogP contribution in [0.4, 0.5) is 0 Å². The summed E-state index contributed by atoms with van der Waals surface area (Å²) in [6.07, 6.45) is 2.56.